The number of anilines is 2. The summed E-state index contributed by atoms with van der Waals surface area (Å²) in [6.45, 7) is 15.8. The Bertz CT molecular complexity index is 2570. The Morgan fingerprint density at radius 2 is 1.26 bits per heavy atom. The number of furan rings is 1. The van der Waals surface area contributed by atoms with Crippen LogP contribution in [0.3, 0.4) is 0 Å². The van der Waals surface area contributed by atoms with E-state index in [2.05, 4.69) is 132 Å². The largest absolute Gasteiger partial charge is 0.456 e. The van der Waals surface area contributed by atoms with Crippen molar-refractivity contribution in [3.05, 3.63) is 156 Å². The van der Waals surface area contributed by atoms with E-state index in [-0.39, 0.29) is 30.9 Å². The van der Waals surface area contributed by atoms with Crippen LogP contribution in [0.2, 0.25) is 0 Å². The van der Waals surface area contributed by atoms with Crippen molar-refractivity contribution in [2.24, 2.45) is 0 Å². The Morgan fingerprint density at radius 3 is 1.96 bits per heavy atom. The minimum absolute atomic E-state index is 0. The molecule has 271 valence electrons. The molecule has 1 N–H and O–H groups in total. The van der Waals surface area contributed by atoms with Gasteiger partial charge in [-0.25, -0.2) is 0 Å². The van der Waals surface area contributed by atoms with Crippen molar-refractivity contribution in [1.29, 1.82) is 0 Å². The summed E-state index contributed by atoms with van der Waals surface area (Å²) in [5.74, 6) is 0. The van der Waals surface area contributed by atoms with E-state index < -0.39 is 0 Å². The van der Waals surface area contributed by atoms with Crippen molar-refractivity contribution in [2.75, 3.05) is 5.32 Å². The summed E-state index contributed by atoms with van der Waals surface area (Å²) in [5.41, 5.74) is 16.5. The standard InChI is InChI=1S/C38H35N2O.C11H8N.Ir/c1-22-27-17-25(38(5,6)7)18-28(22)30-20-31-26-10-8-9-11-35(26)41-36(31)21-34(30)40-32-13-12-23(16-29(27)32)33-19-24(14-15-39-33)37(2,3)4;1-2-6-10(7-3-1)11-8-4-5-9-12-11;/h8-11,13-21,40H,1-7H3;1-6,8-9H;/q2*-1;. The van der Waals surface area contributed by atoms with Crippen LogP contribution in [0.1, 0.15) is 58.2 Å². The first-order chi connectivity index (χ1) is 25.4. The second-order valence-corrected chi connectivity index (χ2v) is 15.9. The van der Waals surface area contributed by atoms with Crippen molar-refractivity contribution in [2.45, 2.75) is 59.3 Å². The third kappa shape index (κ3) is 7.14. The van der Waals surface area contributed by atoms with Gasteiger partial charge >= 0.3 is 0 Å². The van der Waals surface area contributed by atoms with E-state index in [1.165, 1.54) is 33.4 Å². The number of nitrogens with one attached hydrogen (secondary N) is 1. The Labute approximate surface area is 332 Å². The molecule has 0 spiro atoms. The number of para-hydroxylation sites is 1. The van der Waals surface area contributed by atoms with Gasteiger partial charge in [0, 0.05) is 60.6 Å². The van der Waals surface area contributed by atoms with Gasteiger partial charge in [-0.05, 0) is 86.9 Å². The molecule has 0 unspecified atom stereocenters. The molecule has 0 saturated heterocycles. The van der Waals surface area contributed by atoms with Gasteiger partial charge < -0.3 is 19.7 Å². The van der Waals surface area contributed by atoms with Gasteiger partial charge in [0.15, 0.2) is 0 Å². The summed E-state index contributed by atoms with van der Waals surface area (Å²) in [6, 6.07) is 46.5. The first-order valence-corrected chi connectivity index (χ1v) is 18.2. The van der Waals surface area contributed by atoms with E-state index in [1.807, 2.05) is 60.8 Å². The minimum Gasteiger partial charge on any atom is -0.456 e. The molecule has 1 aliphatic heterocycles. The van der Waals surface area contributed by atoms with E-state index in [0.29, 0.717) is 0 Å². The van der Waals surface area contributed by atoms with Crippen LogP contribution in [0.5, 0.6) is 0 Å². The third-order valence-electron chi connectivity index (χ3n) is 10.1. The molecule has 2 bridgehead atoms. The van der Waals surface area contributed by atoms with Gasteiger partial charge in [-0.15, -0.1) is 59.7 Å². The van der Waals surface area contributed by atoms with Crippen LogP contribution >= 0.6 is 0 Å². The summed E-state index contributed by atoms with van der Waals surface area (Å²) in [7, 11) is 0. The molecule has 9 rings (SSSR count). The second-order valence-electron chi connectivity index (χ2n) is 15.9. The molecule has 1 aliphatic rings. The quantitative estimate of drug-likeness (QED) is 0.176. The van der Waals surface area contributed by atoms with Crippen molar-refractivity contribution < 1.29 is 24.5 Å². The maximum Gasteiger partial charge on any atom is 0.137 e. The number of fused-ring (bicyclic) bond motifs is 9. The van der Waals surface area contributed by atoms with Gasteiger partial charge in [-0.3, -0.25) is 0 Å². The van der Waals surface area contributed by atoms with Crippen LogP contribution < -0.4 is 5.32 Å². The number of nitrogens with zero attached hydrogens (tertiary/aromatic N) is 2. The molecule has 0 aliphatic carbocycles. The number of hydrogen-bond donors (Lipinski definition) is 1. The maximum atomic E-state index is 6.30. The molecule has 4 nitrogen and oxygen atoms in total. The van der Waals surface area contributed by atoms with Crippen molar-refractivity contribution >= 4 is 33.3 Å². The molecule has 54 heavy (non-hydrogen) atoms. The van der Waals surface area contributed by atoms with Crippen molar-refractivity contribution in [3.8, 4) is 44.8 Å². The average Bonchev–Trinajstić information content (AvgIpc) is 3.52. The van der Waals surface area contributed by atoms with Crippen LogP contribution in [0.25, 0.3) is 66.7 Å². The van der Waals surface area contributed by atoms with Gasteiger partial charge in [0.05, 0.1) is 0 Å². The number of benzene rings is 5. The zero-order valence-electron chi connectivity index (χ0n) is 31.8. The van der Waals surface area contributed by atoms with Crippen molar-refractivity contribution in [3.63, 3.8) is 0 Å². The molecule has 5 aromatic carbocycles. The molecule has 1 radical (unpaired) electrons. The first kappa shape index (κ1) is 37.0. The molecule has 0 saturated carbocycles. The van der Waals surface area contributed by atoms with Gasteiger partial charge in [-0.2, -0.15) is 0 Å². The third-order valence-corrected chi connectivity index (χ3v) is 10.1. The smallest absolute Gasteiger partial charge is 0.137 e. The molecular formula is C49H43IrN3O-2. The van der Waals surface area contributed by atoms with Crippen LogP contribution in [-0.2, 0) is 30.9 Å². The van der Waals surface area contributed by atoms with Gasteiger partial charge in [0.1, 0.15) is 11.2 Å². The fourth-order valence-corrected chi connectivity index (χ4v) is 7.03. The van der Waals surface area contributed by atoms with Crippen LogP contribution in [0.4, 0.5) is 11.4 Å². The number of hydrogen-bond acceptors (Lipinski definition) is 4. The number of pyridine rings is 2. The summed E-state index contributed by atoms with van der Waals surface area (Å²) in [5, 5.41) is 6.06. The van der Waals surface area contributed by atoms with E-state index in [1.54, 1.807) is 6.20 Å². The Kier molecular flexibility index (Phi) is 9.91. The molecule has 0 fully saturated rings. The van der Waals surface area contributed by atoms with Crippen LogP contribution in [0, 0.1) is 19.1 Å². The van der Waals surface area contributed by atoms with E-state index >= 15 is 0 Å². The SMILES string of the molecule is Cc1c2cc(C(C)(C)C)cc1-c1cc3c(cc1Nc1c[c-]c(-c4cc(C(C)(C)C)ccn4)cc1-2)oc1ccccc13.[Ir].[c-]1ccccc1-c1ccccn1. The molecule has 0 amide bonds. The summed E-state index contributed by atoms with van der Waals surface area (Å²) >= 11 is 0. The maximum absolute atomic E-state index is 6.30. The normalized spacial score (nSPS) is 12.0. The van der Waals surface area contributed by atoms with Gasteiger partial charge in [0.2, 0.25) is 0 Å². The Balaban J connectivity index is 0.000000294. The second kappa shape index (κ2) is 14.5. The molecule has 4 heterocycles. The first-order valence-electron chi connectivity index (χ1n) is 18.2. The average molecular weight is 882 g/mol. The van der Waals surface area contributed by atoms with E-state index in [9.17, 15) is 0 Å². The fraction of sp³-hybridized carbons (Fsp3) is 0.184. The summed E-state index contributed by atoms with van der Waals surface area (Å²) < 4.78 is 6.30. The van der Waals surface area contributed by atoms with E-state index in [4.69, 9.17) is 9.40 Å². The summed E-state index contributed by atoms with van der Waals surface area (Å²) in [6.07, 6.45) is 3.70. The zero-order chi connectivity index (χ0) is 36.9. The summed E-state index contributed by atoms with van der Waals surface area (Å²) in [4.78, 5) is 8.97. The molecule has 5 heteroatoms. The van der Waals surface area contributed by atoms with Crippen LogP contribution in [0.15, 0.2) is 132 Å². The van der Waals surface area contributed by atoms with Gasteiger partial charge in [0.25, 0.3) is 0 Å². The van der Waals surface area contributed by atoms with Crippen LogP contribution in [-0.4, -0.2) is 9.97 Å². The molecular weight excluding hydrogens is 839 g/mol. The molecule has 8 aromatic rings. The minimum atomic E-state index is -0.0110. The predicted octanol–water partition coefficient (Wildman–Crippen LogP) is 13.3. The fourth-order valence-electron chi connectivity index (χ4n) is 7.03. The zero-order valence-corrected chi connectivity index (χ0v) is 34.2. The Hall–Kier alpha value is -5.35. The number of rotatable bonds is 2. The van der Waals surface area contributed by atoms with Crippen molar-refractivity contribution in [1.82, 2.24) is 9.97 Å². The monoisotopic (exact) mass is 882 g/mol. The molecule has 3 aromatic heterocycles. The predicted molar refractivity (Wildman–Crippen MR) is 221 cm³/mol. The topological polar surface area (TPSA) is 51.0 Å². The van der Waals surface area contributed by atoms with Gasteiger partial charge in [-0.1, -0.05) is 95.6 Å². The number of aromatic nitrogens is 2. The van der Waals surface area contributed by atoms with E-state index in [0.717, 1.165) is 61.4 Å². The molecule has 0 atom stereocenters. The Morgan fingerprint density at radius 1 is 0.556 bits per heavy atom.